The fraction of sp³-hybridized carbons (Fsp3) is 0.438. The van der Waals surface area contributed by atoms with Crippen molar-refractivity contribution in [3.8, 4) is 0 Å². The molecule has 0 spiro atoms. The third-order valence-corrected chi connectivity index (χ3v) is 4.24. The van der Waals surface area contributed by atoms with Gasteiger partial charge in [0.05, 0.1) is 12.0 Å². The van der Waals surface area contributed by atoms with Gasteiger partial charge in [-0.15, -0.1) is 0 Å². The van der Waals surface area contributed by atoms with Gasteiger partial charge >= 0.3 is 0 Å². The van der Waals surface area contributed by atoms with E-state index in [1.165, 1.54) is 30.5 Å². The van der Waals surface area contributed by atoms with Crippen LogP contribution in [0.1, 0.15) is 43.5 Å². The first-order valence-corrected chi connectivity index (χ1v) is 7.60. The highest BCUT2D eigenvalue weighted by molar-refractivity contribution is 6.30. The molecule has 0 radical (unpaired) electrons. The Bertz CT molecular complexity index is 561. The average Bonchev–Trinajstić information content (AvgIpc) is 2.89. The smallest absolute Gasteiger partial charge is 0.0951 e. The van der Waals surface area contributed by atoms with E-state index in [0.29, 0.717) is 12.1 Å². The van der Waals surface area contributed by atoms with E-state index in [2.05, 4.69) is 33.9 Å². The second-order valence-electron chi connectivity index (χ2n) is 5.62. The summed E-state index contributed by atoms with van der Waals surface area (Å²) in [7, 11) is 0. The van der Waals surface area contributed by atoms with Gasteiger partial charge in [-0.3, -0.25) is 0 Å². The Labute approximate surface area is 125 Å². The summed E-state index contributed by atoms with van der Waals surface area (Å²) < 4.78 is 2.24. The number of benzene rings is 1. The number of halogens is 1. The van der Waals surface area contributed by atoms with Crippen LogP contribution < -0.4 is 5.32 Å². The fourth-order valence-electron chi connectivity index (χ4n) is 2.91. The van der Waals surface area contributed by atoms with Gasteiger partial charge in [0.2, 0.25) is 0 Å². The standard InChI is InChI=1S/C16H20ClN3/c1-12-3-2-4-15(19-12)16-9-18-11-20(16)10-13-5-7-14(17)8-6-13/h5-9,11-12,15,19H,2-4,10H2,1H3. The SMILES string of the molecule is CC1CCCC(c2cncn2Cc2ccc(Cl)cc2)N1. The molecule has 3 nitrogen and oxygen atoms in total. The average molecular weight is 290 g/mol. The summed E-state index contributed by atoms with van der Waals surface area (Å²) in [6.45, 7) is 3.10. The molecular formula is C16H20ClN3. The lowest BCUT2D eigenvalue weighted by Crippen LogP contribution is -2.35. The lowest BCUT2D eigenvalue weighted by atomic mass is 9.97. The number of rotatable bonds is 3. The molecule has 0 bridgehead atoms. The fourth-order valence-corrected chi connectivity index (χ4v) is 3.04. The zero-order valence-corrected chi connectivity index (χ0v) is 12.5. The lowest BCUT2D eigenvalue weighted by molar-refractivity contribution is 0.330. The molecule has 2 heterocycles. The highest BCUT2D eigenvalue weighted by Crippen LogP contribution is 2.25. The van der Waals surface area contributed by atoms with Crippen molar-refractivity contribution in [3.63, 3.8) is 0 Å². The van der Waals surface area contributed by atoms with Crippen LogP contribution >= 0.6 is 11.6 Å². The Morgan fingerprint density at radius 2 is 2.10 bits per heavy atom. The number of piperidine rings is 1. The molecular weight excluding hydrogens is 270 g/mol. The van der Waals surface area contributed by atoms with Gasteiger partial charge in [0.25, 0.3) is 0 Å². The maximum atomic E-state index is 5.93. The molecule has 3 rings (SSSR count). The van der Waals surface area contributed by atoms with Crippen LogP contribution in [0, 0.1) is 0 Å². The van der Waals surface area contributed by atoms with Crippen LogP contribution in [0.25, 0.3) is 0 Å². The summed E-state index contributed by atoms with van der Waals surface area (Å²) in [5.74, 6) is 0. The van der Waals surface area contributed by atoms with Gasteiger partial charge in [-0.25, -0.2) is 4.98 Å². The van der Waals surface area contributed by atoms with Crippen LogP contribution in [0.4, 0.5) is 0 Å². The number of nitrogens with one attached hydrogen (secondary N) is 1. The number of hydrogen-bond acceptors (Lipinski definition) is 2. The third-order valence-electron chi connectivity index (χ3n) is 3.98. The zero-order valence-electron chi connectivity index (χ0n) is 11.7. The van der Waals surface area contributed by atoms with E-state index >= 15 is 0 Å². The van der Waals surface area contributed by atoms with Crippen molar-refractivity contribution in [2.45, 2.75) is 44.8 Å². The van der Waals surface area contributed by atoms with Crippen molar-refractivity contribution in [1.29, 1.82) is 0 Å². The molecule has 1 fully saturated rings. The van der Waals surface area contributed by atoms with Gasteiger partial charge in [-0.1, -0.05) is 23.7 Å². The molecule has 2 atom stereocenters. The van der Waals surface area contributed by atoms with Gasteiger partial charge in [-0.05, 0) is 43.9 Å². The summed E-state index contributed by atoms with van der Waals surface area (Å²) in [6.07, 6.45) is 7.65. The van der Waals surface area contributed by atoms with Crippen LogP contribution in [0.3, 0.4) is 0 Å². The summed E-state index contributed by atoms with van der Waals surface area (Å²) in [4.78, 5) is 4.33. The van der Waals surface area contributed by atoms with Crippen molar-refractivity contribution >= 4 is 11.6 Å². The summed E-state index contributed by atoms with van der Waals surface area (Å²) >= 11 is 5.93. The van der Waals surface area contributed by atoms with E-state index in [1.54, 1.807) is 0 Å². The minimum atomic E-state index is 0.425. The monoisotopic (exact) mass is 289 g/mol. The van der Waals surface area contributed by atoms with Crippen LogP contribution in [0.15, 0.2) is 36.8 Å². The molecule has 0 aliphatic carbocycles. The Balaban J connectivity index is 1.77. The van der Waals surface area contributed by atoms with Crippen molar-refractivity contribution in [2.24, 2.45) is 0 Å². The normalized spacial score (nSPS) is 22.9. The highest BCUT2D eigenvalue weighted by Gasteiger charge is 2.22. The minimum absolute atomic E-state index is 0.425. The molecule has 1 aliphatic rings. The second kappa shape index (κ2) is 5.98. The number of imidazole rings is 1. The van der Waals surface area contributed by atoms with E-state index in [-0.39, 0.29) is 0 Å². The summed E-state index contributed by atoms with van der Waals surface area (Å²) in [6, 6.07) is 9.04. The van der Waals surface area contributed by atoms with E-state index in [0.717, 1.165) is 11.6 Å². The zero-order chi connectivity index (χ0) is 13.9. The van der Waals surface area contributed by atoms with Crippen molar-refractivity contribution in [3.05, 3.63) is 53.1 Å². The predicted octanol–water partition coefficient (Wildman–Crippen LogP) is 3.79. The number of nitrogens with zero attached hydrogens (tertiary/aromatic N) is 2. The van der Waals surface area contributed by atoms with Crippen molar-refractivity contribution < 1.29 is 0 Å². The van der Waals surface area contributed by atoms with Crippen LogP contribution in [-0.4, -0.2) is 15.6 Å². The van der Waals surface area contributed by atoms with Gasteiger partial charge in [0.1, 0.15) is 0 Å². The van der Waals surface area contributed by atoms with Crippen molar-refractivity contribution in [1.82, 2.24) is 14.9 Å². The quantitative estimate of drug-likeness (QED) is 0.932. The van der Waals surface area contributed by atoms with Crippen molar-refractivity contribution in [2.75, 3.05) is 0 Å². The molecule has 1 aromatic carbocycles. The Morgan fingerprint density at radius 1 is 1.30 bits per heavy atom. The maximum absolute atomic E-state index is 5.93. The first-order chi connectivity index (χ1) is 9.72. The largest absolute Gasteiger partial charge is 0.329 e. The van der Waals surface area contributed by atoms with Crippen LogP contribution in [-0.2, 0) is 6.54 Å². The second-order valence-corrected chi connectivity index (χ2v) is 6.06. The predicted molar refractivity (Wildman–Crippen MR) is 82.0 cm³/mol. The molecule has 1 saturated heterocycles. The minimum Gasteiger partial charge on any atom is -0.329 e. The summed E-state index contributed by atoms with van der Waals surface area (Å²) in [5, 5.41) is 4.45. The molecule has 106 valence electrons. The van der Waals surface area contributed by atoms with Gasteiger partial charge in [-0.2, -0.15) is 0 Å². The molecule has 1 aromatic heterocycles. The van der Waals surface area contributed by atoms with Crippen LogP contribution in [0.2, 0.25) is 5.02 Å². The van der Waals surface area contributed by atoms with E-state index < -0.39 is 0 Å². The molecule has 0 saturated carbocycles. The van der Waals surface area contributed by atoms with E-state index in [4.69, 9.17) is 11.6 Å². The molecule has 1 aliphatic heterocycles. The lowest BCUT2D eigenvalue weighted by Gasteiger charge is -2.29. The van der Waals surface area contributed by atoms with E-state index in [9.17, 15) is 0 Å². The first kappa shape index (κ1) is 13.7. The molecule has 2 aromatic rings. The van der Waals surface area contributed by atoms with Gasteiger partial charge in [0.15, 0.2) is 0 Å². The molecule has 20 heavy (non-hydrogen) atoms. The first-order valence-electron chi connectivity index (χ1n) is 7.23. The van der Waals surface area contributed by atoms with Gasteiger partial charge in [0, 0.05) is 29.8 Å². The Kier molecular flexibility index (Phi) is 4.08. The number of hydrogen-bond donors (Lipinski definition) is 1. The third kappa shape index (κ3) is 3.05. The van der Waals surface area contributed by atoms with E-state index in [1.807, 2.05) is 24.7 Å². The Morgan fingerprint density at radius 3 is 2.85 bits per heavy atom. The molecule has 0 amide bonds. The maximum Gasteiger partial charge on any atom is 0.0951 e. The topological polar surface area (TPSA) is 29.9 Å². The molecule has 1 N–H and O–H groups in total. The molecule has 2 unspecified atom stereocenters. The van der Waals surface area contributed by atoms with Crippen LogP contribution in [0.5, 0.6) is 0 Å². The molecule has 4 heteroatoms. The van der Waals surface area contributed by atoms with Gasteiger partial charge < -0.3 is 9.88 Å². The number of aromatic nitrogens is 2. The highest BCUT2D eigenvalue weighted by atomic mass is 35.5. The Hall–Kier alpha value is -1.32. The summed E-state index contributed by atoms with van der Waals surface area (Å²) in [5.41, 5.74) is 2.53.